The molecule has 5 heteroatoms. The zero-order valence-electron chi connectivity index (χ0n) is 10.7. The normalized spacial score (nSPS) is 10.6. The van der Waals surface area contributed by atoms with Crippen molar-refractivity contribution in [3.05, 3.63) is 64.2 Å². The van der Waals surface area contributed by atoms with Gasteiger partial charge in [-0.3, -0.25) is 0 Å². The zero-order valence-corrected chi connectivity index (χ0v) is 11.5. The first-order valence-electron chi connectivity index (χ1n) is 6.16. The van der Waals surface area contributed by atoms with Crippen LogP contribution in [0.1, 0.15) is 11.1 Å². The molecule has 2 nitrogen and oxygen atoms in total. The predicted octanol–water partition coefficient (Wildman–Crippen LogP) is 3.70. The van der Waals surface area contributed by atoms with Crippen molar-refractivity contribution < 1.29 is 13.5 Å². The van der Waals surface area contributed by atoms with Crippen LogP contribution in [0.5, 0.6) is 5.75 Å². The Balaban J connectivity index is 2.16. The molecule has 0 fully saturated rings. The first-order chi connectivity index (χ1) is 9.61. The highest BCUT2D eigenvalue weighted by molar-refractivity contribution is 6.31. The molecular formula is C15H14ClF2NO. The molecule has 2 N–H and O–H groups in total. The van der Waals surface area contributed by atoms with E-state index < -0.39 is 17.4 Å². The van der Waals surface area contributed by atoms with Crippen LogP contribution in [0.15, 0.2) is 36.4 Å². The molecular weight excluding hydrogens is 284 g/mol. The van der Waals surface area contributed by atoms with E-state index in [1.54, 1.807) is 24.3 Å². The van der Waals surface area contributed by atoms with Crippen molar-refractivity contribution in [1.29, 1.82) is 0 Å². The lowest BCUT2D eigenvalue weighted by Crippen LogP contribution is -2.05. The van der Waals surface area contributed by atoms with Crippen molar-refractivity contribution in [1.82, 2.24) is 0 Å². The minimum absolute atomic E-state index is 0.00372. The summed E-state index contributed by atoms with van der Waals surface area (Å²) in [6.45, 7) is 0.336. The second kappa shape index (κ2) is 6.68. The molecule has 0 atom stereocenters. The minimum atomic E-state index is -0.736. The van der Waals surface area contributed by atoms with Gasteiger partial charge >= 0.3 is 0 Å². The van der Waals surface area contributed by atoms with Crippen LogP contribution in [0.2, 0.25) is 5.02 Å². The smallest absolute Gasteiger partial charge is 0.191 e. The van der Waals surface area contributed by atoms with E-state index in [0.29, 0.717) is 29.1 Å². The summed E-state index contributed by atoms with van der Waals surface area (Å²) in [4.78, 5) is 0. The van der Waals surface area contributed by atoms with E-state index in [1.165, 1.54) is 12.1 Å². The summed E-state index contributed by atoms with van der Waals surface area (Å²) >= 11 is 5.96. The number of hydrogen-bond donors (Lipinski definition) is 1. The van der Waals surface area contributed by atoms with Crippen LogP contribution in [0.3, 0.4) is 0 Å². The van der Waals surface area contributed by atoms with Crippen molar-refractivity contribution in [2.75, 3.05) is 6.54 Å². The highest BCUT2D eigenvalue weighted by atomic mass is 35.5. The van der Waals surface area contributed by atoms with Crippen molar-refractivity contribution in [3.63, 3.8) is 0 Å². The summed E-state index contributed by atoms with van der Waals surface area (Å²) in [5.41, 5.74) is 6.53. The van der Waals surface area contributed by atoms with Crippen LogP contribution < -0.4 is 10.5 Å². The van der Waals surface area contributed by atoms with Crippen LogP contribution >= 0.6 is 11.6 Å². The molecule has 0 bridgehead atoms. The maximum atomic E-state index is 13.8. The molecule has 0 amide bonds. The summed E-state index contributed by atoms with van der Waals surface area (Å²) in [6.07, 6.45) is 0.415. The molecule has 0 aromatic heterocycles. The lowest BCUT2D eigenvalue weighted by atomic mass is 10.1. The fourth-order valence-electron chi connectivity index (χ4n) is 1.83. The Morgan fingerprint density at radius 2 is 1.75 bits per heavy atom. The molecule has 0 radical (unpaired) electrons. The van der Waals surface area contributed by atoms with Crippen LogP contribution in [0.25, 0.3) is 0 Å². The summed E-state index contributed by atoms with van der Waals surface area (Å²) in [5.74, 6) is -1.87. The van der Waals surface area contributed by atoms with Gasteiger partial charge in [-0.2, -0.15) is 0 Å². The molecule has 0 heterocycles. The Hall–Kier alpha value is -1.65. The molecule has 106 valence electrons. The average Bonchev–Trinajstić information content (AvgIpc) is 2.40. The van der Waals surface area contributed by atoms with E-state index >= 15 is 0 Å². The Morgan fingerprint density at radius 3 is 2.35 bits per heavy atom. The van der Waals surface area contributed by atoms with E-state index in [1.807, 2.05) is 0 Å². The summed E-state index contributed by atoms with van der Waals surface area (Å²) < 4.78 is 32.8. The first kappa shape index (κ1) is 14.8. The van der Waals surface area contributed by atoms with Gasteiger partial charge in [0.25, 0.3) is 0 Å². The van der Waals surface area contributed by atoms with Gasteiger partial charge in [0.15, 0.2) is 17.4 Å². The van der Waals surface area contributed by atoms with Gasteiger partial charge in [-0.1, -0.05) is 29.8 Å². The second-order valence-corrected chi connectivity index (χ2v) is 4.71. The third kappa shape index (κ3) is 3.46. The number of benzene rings is 2. The molecule has 0 aliphatic carbocycles. The van der Waals surface area contributed by atoms with Crippen molar-refractivity contribution in [2.45, 2.75) is 13.0 Å². The SMILES string of the molecule is NCCc1cc(F)c(OCc2ccccc2Cl)c(F)c1. The standard InChI is InChI=1S/C15H14ClF2NO/c16-12-4-2-1-3-11(12)9-20-15-13(17)7-10(5-6-19)8-14(15)18/h1-4,7-8H,5-6,9,19H2. The molecule has 0 spiro atoms. The quantitative estimate of drug-likeness (QED) is 0.913. The number of nitrogens with two attached hydrogens (primary N) is 1. The van der Waals surface area contributed by atoms with Gasteiger partial charge in [-0.15, -0.1) is 0 Å². The van der Waals surface area contributed by atoms with E-state index in [-0.39, 0.29) is 6.61 Å². The Kier molecular flexibility index (Phi) is 4.93. The predicted molar refractivity (Wildman–Crippen MR) is 74.9 cm³/mol. The van der Waals surface area contributed by atoms with Gasteiger partial charge in [0, 0.05) is 10.6 Å². The fraction of sp³-hybridized carbons (Fsp3) is 0.200. The van der Waals surface area contributed by atoms with Gasteiger partial charge in [-0.05, 0) is 36.7 Å². The number of halogens is 3. The topological polar surface area (TPSA) is 35.2 Å². The van der Waals surface area contributed by atoms with Crippen LogP contribution in [0.4, 0.5) is 8.78 Å². The zero-order chi connectivity index (χ0) is 14.5. The van der Waals surface area contributed by atoms with Crippen molar-refractivity contribution >= 4 is 11.6 Å². The van der Waals surface area contributed by atoms with Crippen LogP contribution in [-0.2, 0) is 13.0 Å². The Bertz CT molecular complexity index is 581. The molecule has 0 saturated heterocycles. The highest BCUT2D eigenvalue weighted by Crippen LogP contribution is 2.25. The van der Waals surface area contributed by atoms with Gasteiger partial charge in [0.05, 0.1) is 0 Å². The van der Waals surface area contributed by atoms with E-state index in [2.05, 4.69) is 0 Å². The molecule has 2 aromatic rings. The average molecular weight is 298 g/mol. The van der Waals surface area contributed by atoms with Crippen LogP contribution in [0, 0.1) is 11.6 Å². The minimum Gasteiger partial charge on any atom is -0.483 e. The monoisotopic (exact) mass is 297 g/mol. The lowest BCUT2D eigenvalue weighted by molar-refractivity contribution is 0.274. The van der Waals surface area contributed by atoms with Crippen molar-refractivity contribution in [2.24, 2.45) is 5.73 Å². The van der Waals surface area contributed by atoms with E-state index in [4.69, 9.17) is 22.1 Å². The Labute approximate surface area is 121 Å². The maximum Gasteiger partial charge on any atom is 0.191 e. The van der Waals surface area contributed by atoms with Gasteiger partial charge < -0.3 is 10.5 Å². The second-order valence-electron chi connectivity index (χ2n) is 4.31. The fourth-order valence-corrected chi connectivity index (χ4v) is 2.02. The van der Waals surface area contributed by atoms with Crippen molar-refractivity contribution in [3.8, 4) is 5.75 Å². The Morgan fingerprint density at radius 1 is 1.10 bits per heavy atom. The molecule has 0 saturated carbocycles. The molecule has 0 aliphatic rings. The van der Waals surface area contributed by atoms with Gasteiger partial charge in [0.2, 0.25) is 0 Å². The summed E-state index contributed by atoms with van der Waals surface area (Å²) in [6, 6.07) is 9.45. The number of hydrogen-bond acceptors (Lipinski definition) is 2. The maximum absolute atomic E-state index is 13.8. The summed E-state index contributed by atoms with van der Waals surface area (Å²) in [5, 5.41) is 0.494. The third-order valence-corrected chi connectivity index (χ3v) is 3.19. The molecule has 0 aliphatic heterocycles. The third-order valence-electron chi connectivity index (χ3n) is 2.82. The molecule has 0 unspecified atom stereocenters. The van der Waals surface area contributed by atoms with Gasteiger partial charge in [-0.25, -0.2) is 8.78 Å². The summed E-state index contributed by atoms with van der Waals surface area (Å²) in [7, 11) is 0. The first-order valence-corrected chi connectivity index (χ1v) is 6.54. The number of ether oxygens (including phenoxy) is 1. The van der Waals surface area contributed by atoms with Gasteiger partial charge in [0.1, 0.15) is 6.61 Å². The highest BCUT2D eigenvalue weighted by Gasteiger charge is 2.13. The number of rotatable bonds is 5. The van der Waals surface area contributed by atoms with E-state index in [9.17, 15) is 8.78 Å². The molecule has 2 rings (SSSR count). The van der Waals surface area contributed by atoms with Crippen LogP contribution in [-0.4, -0.2) is 6.54 Å². The molecule has 20 heavy (non-hydrogen) atoms. The lowest BCUT2D eigenvalue weighted by Gasteiger charge is -2.11. The van der Waals surface area contributed by atoms with E-state index in [0.717, 1.165) is 0 Å². The molecule has 2 aromatic carbocycles. The largest absolute Gasteiger partial charge is 0.483 e.